The van der Waals surface area contributed by atoms with Crippen LogP contribution in [0.1, 0.15) is 5.69 Å². The summed E-state index contributed by atoms with van der Waals surface area (Å²) in [6, 6.07) is 3.88. The van der Waals surface area contributed by atoms with E-state index in [1.807, 2.05) is 22.6 Å². The fourth-order valence-corrected chi connectivity index (χ4v) is 2.45. The topological polar surface area (TPSA) is 48.1 Å². The van der Waals surface area contributed by atoms with Crippen LogP contribution in [-0.4, -0.2) is 12.1 Å². The van der Waals surface area contributed by atoms with Crippen LogP contribution < -0.4 is 5.73 Å². The van der Waals surface area contributed by atoms with Crippen molar-refractivity contribution in [3.05, 3.63) is 50.7 Å². The standard InChI is InChI=1S/C14H10ClF2IN2O/c1-6(21-2)13-11(18)12(19)10(17)14(20-13)7-3-4-8(15)9(16)5-7/h3-5H,1H2,2H3,(H2,19,20). The summed E-state index contributed by atoms with van der Waals surface area (Å²) in [6.45, 7) is 3.68. The fourth-order valence-electron chi connectivity index (χ4n) is 1.68. The van der Waals surface area contributed by atoms with Gasteiger partial charge in [0.05, 0.1) is 21.4 Å². The number of methoxy groups -OCH3 is 1. The molecule has 2 N–H and O–H groups in total. The molecule has 0 saturated carbocycles. The zero-order chi connectivity index (χ0) is 15.7. The van der Waals surface area contributed by atoms with Gasteiger partial charge < -0.3 is 10.5 Å². The lowest BCUT2D eigenvalue weighted by molar-refractivity contribution is 0.369. The summed E-state index contributed by atoms with van der Waals surface area (Å²) in [5, 5.41) is -0.0563. The number of hydrogen-bond acceptors (Lipinski definition) is 3. The summed E-state index contributed by atoms with van der Waals surface area (Å²) in [5.41, 5.74) is 6.09. The van der Waals surface area contributed by atoms with Gasteiger partial charge in [-0.25, -0.2) is 13.8 Å². The Morgan fingerprint density at radius 3 is 2.67 bits per heavy atom. The van der Waals surface area contributed by atoms with Gasteiger partial charge in [-0.15, -0.1) is 0 Å². The van der Waals surface area contributed by atoms with Crippen molar-refractivity contribution in [3.63, 3.8) is 0 Å². The molecule has 1 heterocycles. The first kappa shape index (κ1) is 16.0. The molecule has 0 saturated heterocycles. The van der Waals surface area contributed by atoms with Crippen molar-refractivity contribution < 1.29 is 13.5 Å². The molecule has 0 aliphatic heterocycles. The summed E-state index contributed by atoms with van der Waals surface area (Å²) >= 11 is 7.47. The Kier molecular flexibility index (Phi) is 4.67. The highest BCUT2D eigenvalue weighted by Crippen LogP contribution is 2.33. The monoisotopic (exact) mass is 422 g/mol. The van der Waals surface area contributed by atoms with Gasteiger partial charge in [-0.2, -0.15) is 0 Å². The van der Waals surface area contributed by atoms with Crippen molar-refractivity contribution in [2.45, 2.75) is 0 Å². The van der Waals surface area contributed by atoms with Crippen molar-refractivity contribution in [3.8, 4) is 11.3 Å². The average Bonchev–Trinajstić information content (AvgIpc) is 2.47. The smallest absolute Gasteiger partial charge is 0.173 e. The second-order valence-corrected chi connectivity index (χ2v) is 5.59. The molecule has 2 rings (SSSR count). The molecule has 110 valence electrons. The van der Waals surface area contributed by atoms with Gasteiger partial charge in [-0.3, -0.25) is 0 Å². The lowest BCUT2D eigenvalue weighted by Crippen LogP contribution is -2.06. The maximum absolute atomic E-state index is 14.3. The van der Waals surface area contributed by atoms with Crippen LogP contribution in [0, 0.1) is 15.2 Å². The van der Waals surface area contributed by atoms with E-state index in [2.05, 4.69) is 11.6 Å². The highest BCUT2D eigenvalue weighted by atomic mass is 127. The molecule has 0 spiro atoms. The largest absolute Gasteiger partial charge is 0.495 e. The number of pyridine rings is 1. The Balaban J connectivity index is 2.71. The second-order valence-electron chi connectivity index (χ2n) is 4.11. The Bertz CT molecular complexity index is 737. The minimum absolute atomic E-state index is 0.0563. The molecule has 7 heteroatoms. The maximum Gasteiger partial charge on any atom is 0.173 e. The van der Waals surface area contributed by atoms with E-state index in [4.69, 9.17) is 22.1 Å². The molecule has 0 bridgehead atoms. The summed E-state index contributed by atoms with van der Waals surface area (Å²) in [4.78, 5) is 4.15. The van der Waals surface area contributed by atoms with E-state index in [0.29, 0.717) is 9.26 Å². The highest BCUT2D eigenvalue weighted by Gasteiger charge is 2.20. The van der Waals surface area contributed by atoms with E-state index >= 15 is 0 Å². The number of nitrogens with zero attached hydrogens (tertiary/aromatic N) is 1. The Morgan fingerprint density at radius 2 is 2.10 bits per heavy atom. The van der Waals surface area contributed by atoms with Crippen molar-refractivity contribution in [1.82, 2.24) is 4.98 Å². The van der Waals surface area contributed by atoms with Crippen molar-refractivity contribution in [1.29, 1.82) is 0 Å². The molecule has 0 radical (unpaired) electrons. The van der Waals surface area contributed by atoms with Crippen molar-refractivity contribution in [2.75, 3.05) is 12.8 Å². The first-order chi connectivity index (χ1) is 9.86. The summed E-state index contributed by atoms with van der Waals surface area (Å²) < 4.78 is 33.2. The van der Waals surface area contributed by atoms with E-state index in [9.17, 15) is 8.78 Å². The van der Waals surface area contributed by atoms with Crippen LogP contribution in [0.5, 0.6) is 0 Å². The fraction of sp³-hybridized carbons (Fsp3) is 0.0714. The Labute approximate surface area is 138 Å². The van der Waals surface area contributed by atoms with Crippen LogP contribution in [0.4, 0.5) is 14.5 Å². The predicted molar refractivity (Wildman–Crippen MR) is 87.8 cm³/mol. The quantitative estimate of drug-likeness (QED) is 0.586. The molecule has 0 aliphatic rings. The lowest BCUT2D eigenvalue weighted by Gasteiger charge is -2.13. The molecule has 1 aromatic carbocycles. The third-order valence-corrected chi connectivity index (χ3v) is 4.21. The second kappa shape index (κ2) is 6.15. The molecule has 0 amide bonds. The molecule has 0 fully saturated rings. The number of ether oxygens (including phenoxy) is 1. The van der Waals surface area contributed by atoms with Crippen LogP contribution in [0.15, 0.2) is 24.8 Å². The Hall–Kier alpha value is -1.41. The van der Waals surface area contributed by atoms with Gasteiger partial charge in [0.25, 0.3) is 0 Å². The normalized spacial score (nSPS) is 10.5. The minimum Gasteiger partial charge on any atom is -0.495 e. The number of rotatable bonds is 3. The molecule has 3 nitrogen and oxygen atoms in total. The van der Waals surface area contributed by atoms with Crippen LogP contribution >= 0.6 is 34.2 Å². The van der Waals surface area contributed by atoms with E-state index in [1.165, 1.54) is 19.2 Å². The third kappa shape index (κ3) is 2.96. The summed E-state index contributed by atoms with van der Waals surface area (Å²) in [6.07, 6.45) is 0. The van der Waals surface area contributed by atoms with Crippen LogP contribution in [0.2, 0.25) is 5.02 Å². The first-order valence-corrected chi connectivity index (χ1v) is 7.15. The number of hydrogen-bond donors (Lipinski definition) is 1. The number of benzene rings is 1. The molecular weight excluding hydrogens is 413 g/mol. The van der Waals surface area contributed by atoms with Gasteiger partial charge in [0.1, 0.15) is 23.0 Å². The molecule has 0 atom stereocenters. The molecule has 1 aromatic heterocycles. The number of aromatic nitrogens is 1. The molecule has 21 heavy (non-hydrogen) atoms. The lowest BCUT2D eigenvalue weighted by atomic mass is 10.1. The molecular formula is C14H10ClF2IN2O. The maximum atomic E-state index is 14.3. The summed E-state index contributed by atoms with van der Waals surface area (Å²) in [7, 11) is 1.42. The van der Waals surface area contributed by atoms with Gasteiger partial charge in [-0.05, 0) is 34.7 Å². The third-order valence-electron chi connectivity index (χ3n) is 2.82. The highest BCUT2D eigenvalue weighted by molar-refractivity contribution is 14.1. The van der Waals surface area contributed by atoms with E-state index < -0.39 is 11.6 Å². The molecule has 0 unspecified atom stereocenters. The van der Waals surface area contributed by atoms with Crippen LogP contribution in [0.25, 0.3) is 17.0 Å². The summed E-state index contributed by atoms with van der Waals surface area (Å²) in [5.74, 6) is -1.16. The zero-order valence-corrected chi connectivity index (χ0v) is 13.8. The molecule has 0 aliphatic carbocycles. The van der Waals surface area contributed by atoms with Gasteiger partial charge in [-0.1, -0.05) is 24.2 Å². The van der Waals surface area contributed by atoms with E-state index in [-0.39, 0.29) is 27.7 Å². The van der Waals surface area contributed by atoms with E-state index in [0.717, 1.165) is 6.07 Å². The number of halogens is 4. The predicted octanol–water partition coefficient (Wildman–Crippen LogP) is 4.48. The van der Waals surface area contributed by atoms with Crippen molar-refractivity contribution >= 4 is 45.6 Å². The van der Waals surface area contributed by atoms with Gasteiger partial charge in [0.15, 0.2) is 5.82 Å². The van der Waals surface area contributed by atoms with Crippen LogP contribution in [0.3, 0.4) is 0 Å². The molecule has 2 aromatic rings. The van der Waals surface area contributed by atoms with E-state index in [1.54, 1.807) is 0 Å². The minimum atomic E-state index is -0.728. The average molecular weight is 423 g/mol. The van der Waals surface area contributed by atoms with Gasteiger partial charge in [0, 0.05) is 5.56 Å². The SMILES string of the molecule is C=C(OC)c1nc(-c2ccc(Cl)c(F)c2)c(F)c(N)c1I. The van der Waals surface area contributed by atoms with Gasteiger partial charge in [0.2, 0.25) is 0 Å². The van der Waals surface area contributed by atoms with Crippen LogP contribution in [-0.2, 0) is 4.74 Å². The number of nitrogen functional groups attached to an aromatic ring is 1. The number of anilines is 1. The van der Waals surface area contributed by atoms with Gasteiger partial charge >= 0.3 is 0 Å². The zero-order valence-electron chi connectivity index (χ0n) is 10.9. The Morgan fingerprint density at radius 1 is 1.43 bits per heavy atom. The number of nitrogens with two attached hydrogens (primary N) is 1. The van der Waals surface area contributed by atoms with Crippen molar-refractivity contribution in [2.24, 2.45) is 0 Å². The first-order valence-electron chi connectivity index (χ1n) is 5.70.